The minimum atomic E-state index is -0.843. The maximum Gasteiger partial charge on any atom is 0.407 e. The van der Waals surface area contributed by atoms with Gasteiger partial charge in [-0.05, 0) is 39.3 Å². The predicted octanol–water partition coefficient (Wildman–Crippen LogP) is 4.93. The molecule has 5 nitrogen and oxygen atoms in total. The first-order valence-corrected chi connectivity index (χ1v) is 10.5. The summed E-state index contributed by atoms with van der Waals surface area (Å²) >= 11 is 1.41. The monoisotopic (exact) mass is 419 g/mol. The molecule has 152 valence electrons. The Morgan fingerprint density at radius 1 is 1.07 bits per heavy atom. The van der Waals surface area contributed by atoms with Gasteiger partial charge in [0.15, 0.2) is 0 Å². The summed E-state index contributed by atoms with van der Waals surface area (Å²) in [6, 6.07) is 18.3. The lowest BCUT2D eigenvalue weighted by Gasteiger charge is -2.14. The average Bonchev–Trinajstić information content (AvgIpc) is 3.31. The number of carboxylic acids is 1. The van der Waals surface area contributed by atoms with Crippen LogP contribution in [-0.4, -0.2) is 30.3 Å². The fourth-order valence-corrected chi connectivity index (χ4v) is 4.56. The molecule has 0 spiro atoms. The summed E-state index contributed by atoms with van der Waals surface area (Å²) < 4.78 is 5.49. The van der Waals surface area contributed by atoms with Gasteiger partial charge in [0.25, 0.3) is 0 Å². The maximum atomic E-state index is 12.1. The molecular formula is C24H21NO4S. The van der Waals surface area contributed by atoms with Gasteiger partial charge in [-0.15, -0.1) is 11.3 Å². The highest BCUT2D eigenvalue weighted by atomic mass is 32.1. The second-order valence-corrected chi connectivity index (χ2v) is 8.02. The summed E-state index contributed by atoms with van der Waals surface area (Å²) in [7, 11) is 0. The molecule has 1 amide bonds. The smallest absolute Gasteiger partial charge is 0.407 e. The van der Waals surface area contributed by atoms with E-state index < -0.39 is 12.1 Å². The first-order chi connectivity index (χ1) is 14.6. The largest absolute Gasteiger partial charge is 0.481 e. The van der Waals surface area contributed by atoms with Crippen LogP contribution in [-0.2, 0) is 16.0 Å². The number of carbonyl (C=O) groups excluding carboxylic acids is 1. The van der Waals surface area contributed by atoms with Crippen molar-refractivity contribution in [3.63, 3.8) is 0 Å². The number of fused-ring (bicyclic) bond motifs is 3. The van der Waals surface area contributed by atoms with Crippen LogP contribution >= 0.6 is 11.3 Å². The van der Waals surface area contributed by atoms with Crippen molar-refractivity contribution in [1.82, 2.24) is 5.32 Å². The summed E-state index contributed by atoms with van der Waals surface area (Å²) in [5.41, 5.74) is 5.68. The number of aliphatic carboxylic acids is 1. The topological polar surface area (TPSA) is 75.6 Å². The van der Waals surface area contributed by atoms with Gasteiger partial charge in [0.2, 0.25) is 0 Å². The van der Waals surface area contributed by atoms with Gasteiger partial charge in [-0.25, -0.2) is 4.79 Å². The first-order valence-electron chi connectivity index (χ1n) is 9.66. The van der Waals surface area contributed by atoms with E-state index in [4.69, 9.17) is 9.84 Å². The van der Waals surface area contributed by atoms with Crippen molar-refractivity contribution < 1.29 is 19.4 Å². The second kappa shape index (κ2) is 8.97. The van der Waals surface area contributed by atoms with E-state index in [1.165, 1.54) is 33.6 Å². The molecule has 1 aliphatic rings. The summed E-state index contributed by atoms with van der Waals surface area (Å²) in [6.07, 6.45) is 3.23. The first kappa shape index (κ1) is 19.9. The van der Waals surface area contributed by atoms with Gasteiger partial charge in [-0.1, -0.05) is 60.7 Å². The van der Waals surface area contributed by atoms with Crippen molar-refractivity contribution >= 4 is 29.5 Å². The summed E-state index contributed by atoms with van der Waals surface area (Å²) in [5, 5.41) is 13.4. The molecule has 2 aromatic carbocycles. The molecule has 4 rings (SSSR count). The zero-order valence-corrected chi connectivity index (χ0v) is 17.0. The number of hydrogen-bond donors (Lipinski definition) is 2. The molecular weight excluding hydrogens is 398 g/mol. The van der Waals surface area contributed by atoms with Crippen LogP contribution in [0.1, 0.15) is 27.5 Å². The maximum absolute atomic E-state index is 12.1. The van der Waals surface area contributed by atoms with Gasteiger partial charge in [0.1, 0.15) is 6.61 Å². The lowest BCUT2D eigenvalue weighted by molar-refractivity contribution is -0.136. The van der Waals surface area contributed by atoms with E-state index in [9.17, 15) is 9.59 Å². The molecule has 3 aromatic rings. The number of alkyl carbamates (subject to hydrolysis) is 1. The second-order valence-electron chi connectivity index (χ2n) is 7.03. The fourth-order valence-electron chi connectivity index (χ4n) is 3.71. The highest BCUT2D eigenvalue weighted by Crippen LogP contribution is 2.44. The van der Waals surface area contributed by atoms with E-state index >= 15 is 0 Å². The van der Waals surface area contributed by atoms with Gasteiger partial charge in [0, 0.05) is 17.3 Å². The number of thiophene rings is 1. The summed E-state index contributed by atoms with van der Waals surface area (Å²) in [4.78, 5) is 23.7. The normalized spacial score (nSPS) is 12.5. The number of carbonyl (C=O) groups is 2. The Bertz CT molecular complexity index is 1060. The summed E-state index contributed by atoms with van der Waals surface area (Å²) in [5.74, 6) is -0.804. The van der Waals surface area contributed by atoms with Crippen LogP contribution in [0.25, 0.3) is 17.2 Å². The number of nitrogens with one attached hydrogen (secondary N) is 1. The number of benzene rings is 2. The van der Waals surface area contributed by atoms with Crippen LogP contribution in [0.4, 0.5) is 4.79 Å². The Morgan fingerprint density at radius 3 is 2.40 bits per heavy atom. The third-order valence-corrected chi connectivity index (χ3v) is 5.97. The molecule has 0 bridgehead atoms. The van der Waals surface area contributed by atoms with Crippen molar-refractivity contribution in [2.24, 2.45) is 0 Å². The molecule has 1 heterocycles. The Kier molecular flexibility index (Phi) is 5.95. The molecule has 0 radical (unpaired) electrons. The van der Waals surface area contributed by atoms with Gasteiger partial charge in [-0.3, -0.25) is 4.79 Å². The van der Waals surface area contributed by atoms with Crippen molar-refractivity contribution in [2.75, 3.05) is 13.2 Å². The molecule has 1 aliphatic carbocycles. The Morgan fingerprint density at radius 2 is 1.73 bits per heavy atom. The number of ether oxygens (including phenoxy) is 1. The standard InChI is InChI=1S/C24H21NO4S/c26-23(27)13-17-12-16(15-30-17)6-5-11-25-24(28)29-14-22-20-9-3-1-7-18(20)19-8-2-4-10-21(19)22/h1-10,12,15,22H,11,13-14H2,(H,25,28)(H,26,27). The lowest BCUT2D eigenvalue weighted by atomic mass is 9.98. The number of hydrogen-bond acceptors (Lipinski definition) is 4. The van der Waals surface area contributed by atoms with Crippen LogP contribution in [0.5, 0.6) is 0 Å². The van der Waals surface area contributed by atoms with E-state index in [2.05, 4.69) is 29.6 Å². The molecule has 6 heteroatoms. The molecule has 30 heavy (non-hydrogen) atoms. The van der Waals surface area contributed by atoms with Crippen molar-refractivity contribution in [1.29, 1.82) is 0 Å². The average molecular weight is 420 g/mol. The highest BCUT2D eigenvalue weighted by Gasteiger charge is 2.28. The number of rotatable bonds is 7. The van der Waals surface area contributed by atoms with E-state index in [1.807, 2.05) is 47.9 Å². The third-order valence-electron chi connectivity index (χ3n) is 5.02. The minimum Gasteiger partial charge on any atom is -0.481 e. The van der Waals surface area contributed by atoms with Gasteiger partial charge in [-0.2, -0.15) is 0 Å². The molecule has 0 saturated carbocycles. The molecule has 2 N–H and O–H groups in total. The zero-order valence-electron chi connectivity index (χ0n) is 16.2. The Hall–Kier alpha value is -3.38. The SMILES string of the molecule is O=C(O)Cc1cc(C=CCNC(=O)OCC2c3ccccc3-c3ccccc32)cs1. The van der Waals surface area contributed by atoms with Crippen LogP contribution in [0.3, 0.4) is 0 Å². The van der Waals surface area contributed by atoms with Gasteiger partial charge in [0.05, 0.1) is 6.42 Å². The van der Waals surface area contributed by atoms with Crippen LogP contribution in [0.2, 0.25) is 0 Å². The summed E-state index contributed by atoms with van der Waals surface area (Å²) in [6.45, 7) is 0.618. The van der Waals surface area contributed by atoms with Crippen LogP contribution in [0.15, 0.2) is 66.1 Å². The minimum absolute atomic E-state index is 0.0243. The zero-order chi connectivity index (χ0) is 20.9. The fraction of sp³-hybridized carbons (Fsp3) is 0.167. The molecule has 0 saturated heterocycles. The van der Waals surface area contributed by atoms with Crippen LogP contribution < -0.4 is 5.32 Å². The lowest BCUT2D eigenvalue weighted by Crippen LogP contribution is -2.26. The third kappa shape index (κ3) is 4.44. The number of carboxylic acid groups (broad SMARTS) is 1. The Balaban J connectivity index is 1.29. The molecule has 0 unspecified atom stereocenters. The van der Waals surface area contributed by atoms with Crippen molar-refractivity contribution in [3.8, 4) is 11.1 Å². The van der Waals surface area contributed by atoms with Gasteiger partial charge < -0.3 is 15.2 Å². The van der Waals surface area contributed by atoms with E-state index in [0.29, 0.717) is 6.54 Å². The highest BCUT2D eigenvalue weighted by molar-refractivity contribution is 7.10. The molecule has 0 fully saturated rings. The van der Waals surface area contributed by atoms with E-state index in [-0.39, 0.29) is 18.9 Å². The number of amides is 1. The van der Waals surface area contributed by atoms with Crippen LogP contribution in [0, 0.1) is 0 Å². The quantitative estimate of drug-likeness (QED) is 0.570. The van der Waals surface area contributed by atoms with E-state index in [0.717, 1.165) is 10.4 Å². The van der Waals surface area contributed by atoms with Crippen molar-refractivity contribution in [3.05, 3.63) is 87.6 Å². The molecule has 1 aromatic heterocycles. The predicted molar refractivity (Wildman–Crippen MR) is 118 cm³/mol. The Labute approximate surface area is 178 Å². The van der Waals surface area contributed by atoms with E-state index in [1.54, 1.807) is 0 Å². The van der Waals surface area contributed by atoms with Crippen molar-refractivity contribution in [2.45, 2.75) is 12.3 Å². The molecule has 0 aliphatic heterocycles. The van der Waals surface area contributed by atoms with Gasteiger partial charge >= 0.3 is 12.1 Å². The molecule has 0 atom stereocenters.